The average Bonchev–Trinajstić information content (AvgIpc) is 3.08. The number of piperidine rings is 1. The summed E-state index contributed by atoms with van der Waals surface area (Å²) in [6.45, 7) is 10.2. The third-order valence-electron chi connectivity index (χ3n) is 6.91. The normalized spacial score (nSPS) is 19.0. The molecule has 0 unspecified atom stereocenters. The Morgan fingerprint density at radius 1 is 1.17 bits per heavy atom. The number of benzene rings is 1. The number of ether oxygens (including phenoxy) is 1. The largest absolute Gasteiger partial charge is 0.378 e. The van der Waals surface area contributed by atoms with Crippen molar-refractivity contribution in [2.75, 3.05) is 26.3 Å². The number of halogens is 1. The molecule has 30 heavy (non-hydrogen) atoms. The summed E-state index contributed by atoms with van der Waals surface area (Å²) in [6.07, 6.45) is 4.07. The Kier molecular flexibility index (Phi) is 5.11. The van der Waals surface area contributed by atoms with Crippen LogP contribution in [0, 0.1) is 12.7 Å². The van der Waals surface area contributed by atoms with Gasteiger partial charge >= 0.3 is 0 Å². The molecule has 2 aromatic heterocycles. The quantitative estimate of drug-likeness (QED) is 0.631. The smallest absolute Gasteiger partial charge is 0.153 e. The highest BCUT2D eigenvalue weighted by atomic mass is 19.1. The zero-order valence-corrected chi connectivity index (χ0v) is 18.0. The number of hydrogen-bond donors (Lipinski definition) is 1. The van der Waals surface area contributed by atoms with Crippen LogP contribution in [0.4, 0.5) is 4.39 Å². The van der Waals surface area contributed by atoms with Crippen LogP contribution in [0.25, 0.3) is 22.2 Å². The van der Waals surface area contributed by atoms with Gasteiger partial charge in [0.2, 0.25) is 0 Å². The molecule has 2 fully saturated rings. The van der Waals surface area contributed by atoms with E-state index in [-0.39, 0.29) is 11.7 Å². The lowest BCUT2D eigenvalue weighted by Gasteiger charge is -2.41. The van der Waals surface area contributed by atoms with Crippen molar-refractivity contribution >= 4 is 10.9 Å². The van der Waals surface area contributed by atoms with Crippen molar-refractivity contribution in [3.63, 3.8) is 0 Å². The van der Waals surface area contributed by atoms with Crippen molar-refractivity contribution in [1.82, 2.24) is 14.9 Å². The third kappa shape index (κ3) is 3.34. The summed E-state index contributed by atoms with van der Waals surface area (Å²) in [5, 5.41) is 1.22. The molecule has 2 aliphatic rings. The topological polar surface area (TPSA) is 41.2 Å². The number of hydrogen-bond acceptors (Lipinski definition) is 3. The molecule has 5 rings (SSSR count). The fraction of sp³-hybridized carbons (Fsp3) is 0.480. The predicted octanol–water partition coefficient (Wildman–Crippen LogP) is 5.38. The van der Waals surface area contributed by atoms with Gasteiger partial charge in [0.1, 0.15) is 0 Å². The van der Waals surface area contributed by atoms with Gasteiger partial charge in [0.15, 0.2) is 5.82 Å². The molecule has 1 N–H and O–H groups in total. The molecule has 2 aliphatic heterocycles. The molecule has 0 bridgehead atoms. The molecule has 0 saturated carbocycles. The van der Waals surface area contributed by atoms with Crippen LogP contribution < -0.4 is 0 Å². The van der Waals surface area contributed by atoms with Gasteiger partial charge in [-0.05, 0) is 74.0 Å². The van der Waals surface area contributed by atoms with E-state index in [1.807, 2.05) is 0 Å². The van der Waals surface area contributed by atoms with Crippen LogP contribution in [0.5, 0.6) is 0 Å². The molecule has 0 aliphatic carbocycles. The van der Waals surface area contributed by atoms with Crippen molar-refractivity contribution in [3.8, 4) is 11.3 Å². The van der Waals surface area contributed by atoms with Crippen molar-refractivity contribution in [2.45, 2.75) is 51.5 Å². The number of aryl methyl sites for hydroxylation is 1. The van der Waals surface area contributed by atoms with E-state index >= 15 is 0 Å². The fourth-order valence-electron chi connectivity index (χ4n) is 5.07. The Morgan fingerprint density at radius 3 is 2.60 bits per heavy atom. The second-order valence-electron chi connectivity index (χ2n) is 9.13. The van der Waals surface area contributed by atoms with Crippen LogP contribution in [0.2, 0.25) is 0 Å². The number of nitrogens with one attached hydrogen (secondary N) is 1. The summed E-state index contributed by atoms with van der Waals surface area (Å²) in [7, 11) is 0. The standard InChI is InChI=1S/C25H30FN3O/c1-15(2)23-21-12-18(17-7-10-29(11-8-17)19-13-30-14-19)4-5-22(21)28-25(23)20-6-9-27-16(3)24(20)26/h4-6,9,12,15,17,19,28H,7-8,10-11,13-14H2,1-3H3. The number of rotatable bonds is 4. The van der Waals surface area contributed by atoms with Crippen molar-refractivity contribution < 1.29 is 9.13 Å². The highest BCUT2D eigenvalue weighted by molar-refractivity contribution is 5.92. The maximum absolute atomic E-state index is 14.9. The van der Waals surface area contributed by atoms with Crippen LogP contribution in [0.15, 0.2) is 30.5 Å². The van der Waals surface area contributed by atoms with Crippen LogP contribution in [-0.2, 0) is 4.74 Å². The van der Waals surface area contributed by atoms with Gasteiger partial charge in [-0.3, -0.25) is 9.88 Å². The molecular formula is C25H30FN3O. The highest BCUT2D eigenvalue weighted by Gasteiger charge is 2.30. The number of likely N-dealkylation sites (tertiary alicyclic amines) is 1. The summed E-state index contributed by atoms with van der Waals surface area (Å²) in [4.78, 5) is 10.2. The number of H-pyrrole nitrogens is 1. The van der Waals surface area contributed by atoms with Gasteiger partial charge < -0.3 is 9.72 Å². The SMILES string of the molecule is Cc1nccc(-c2[nH]c3ccc(C4CCN(C5COC5)CC4)cc3c2C(C)C)c1F. The summed E-state index contributed by atoms with van der Waals surface area (Å²) < 4.78 is 20.2. The molecule has 1 aromatic carbocycles. The number of fused-ring (bicyclic) bond motifs is 1. The minimum atomic E-state index is -0.237. The maximum atomic E-state index is 14.9. The van der Waals surface area contributed by atoms with Gasteiger partial charge in [-0.25, -0.2) is 4.39 Å². The molecule has 3 aromatic rings. The average molecular weight is 408 g/mol. The lowest BCUT2D eigenvalue weighted by molar-refractivity contribution is -0.0712. The Bertz CT molecular complexity index is 1060. The molecule has 0 amide bonds. The molecular weight excluding hydrogens is 377 g/mol. The molecule has 0 atom stereocenters. The van der Waals surface area contributed by atoms with Gasteiger partial charge in [-0.15, -0.1) is 0 Å². The Balaban J connectivity index is 1.50. The van der Waals surface area contributed by atoms with E-state index in [0.29, 0.717) is 23.2 Å². The summed E-state index contributed by atoms with van der Waals surface area (Å²) >= 11 is 0. The summed E-state index contributed by atoms with van der Waals surface area (Å²) in [5.74, 6) is 0.640. The maximum Gasteiger partial charge on any atom is 0.153 e. The van der Waals surface area contributed by atoms with Gasteiger partial charge in [-0.2, -0.15) is 0 Å². The molecule has 2 saturated heterocycles. The highest BCUT2D eigenvalue weighted by Crippen LogP contribution is 2.39. The number of nitrogens with zero attached hydrogens (tertiary/aromatic N) is 2. The molecule has 158 valence electrons. The van der Waals surface area contributed by atoms with Crippen molar-refractivity contribution in [2.24, 2.45) is 0 Å². The first-order chi connectivity index (χ1) is 14.5. The van der Waals surface area contributed by atoms with Crippen LogP contribution >= 0.6 is 0 Å². The first-order valence-corrected chi connectivity index (χ1v) is 11.1. The van der Waals surface area contributed by atoms with Crippen LogP contribution in [0.1, 0.15) is 55.3 Å². The second kappa shape index (κ2) is 7.78. The Morgan fingerprint density at radius 2 is 1.93 bits per heavy atom. The minimum absolute atomic E-state index is 0.237. The van der Waals surface area contributed by atoms with E-state index in [0.717, 1.165) is 37.5 Å². The van der Waals surface area contributed by atoms with E-state index in [4.69, 9.17) is 4.74 Å². The first-order valence-electron chi connectivity index (χ1n) is 11.1. The van der Waals surface area contributed by atoms with E-state index in [9.17, 15) is 4.39 Å². The number of aromatic nitrogens is 2. The lowest BCUT2D eigenvalue weighted by atomic mass is 9.87. The molecule has 0 spiro atoms. The van der Waals surface area contributed by atoms with Gasteiger partial charge in [0, 0.05) is 22.7 Å². The van der Waals surface area contributed by atoms with E-state index in [2.05, 4.69) is 46.9 Å². The number of aromatic amines is 1. The molecule has 4 heterocycles. The predicted molar refractivity (Wildman–Crippen MR) is 118 cm³/mol. The molecule has 0 radical (unpaired) electrons. The van der Waals surface area contributed by atoms with Crippen LogP contribution in [-0.4, -0.2) is 47.2 Å². The van der Waals surface area contributed by atoms with E-state index < -0.39 is 0 Å². The van der Waals surface area contributed by atoms with Crippen molar-refractivity contribution in [3.05, 3.63) is 53.1 Å². The van der Waals surface area contributed by atoms with Gasteiger partial charge in [-0.1, -0.05) is 19.9 Å². The monoisotopic (exact) mass is 407 g/mol. The lowest BCUT2D eigenvalue weighted by Crippen LogP contribution is -2.51. The van der Waals surface area contributed by atoms with Gasteiger partial charge in [0.25, 0.3) is 0 Å². The van der Waals surface area contributed by atoms with Crippen molar-refractivity contribution in [1.29, 1.82) is 0 Å². The van der Waals surface area contributed by atoms with Crippen LogP contribution in [0.3, 0.4) is 0 Å². The molecule has 4 nitrogen and oxygen atoms in total. The van der Waals surface area contributed by atoms with E-state index in [1.54, 1.807) is 19.2 Å². The number of pyridine rings is 1. The summed E-state index contributed by atoms with van der Waals surface area (Å²) in [6, 6.07) is 9.20. The zero-order chi connectivity index (χ0) is 20.8. The second-order valence-corrected chi connectivity index (χ2v) is 9.13. The minimum Gasteiger partial charge on any atom is -0.378 e. The first kappa shape index (κ1) is 19.7. The van der Waals surface area contributed by atoms with E-state index in [1.165, 1.54) is 29.4 Å². The van der Waals surface area contributed by atoms with Gasteiger partial charge in [0.05, 0.1) is 30.6 Å². The zero-order valence-electron chi connectivity index (χ0n) is 18.0. The fourth-order valence-corrected chi connectivity index (χ4v) is 5.07. The molecule has 5 heteroatoms. The Hall–Kier alpha value is -2.24. The Labute approximate surface area is 177 Å². The third-order valence-corrected chi connectivity index (χ3v) is 6.91. The summed E-state index contributed by atoms with van der Waals surface area (Å²) in [5.41, 5.74) is 5.62.